The second-order valence-corrected chi connectivity index (χ2v) is 6.42. The van der Waals surface area contributed by atoms with Crippen LogP contribution in [0.25, 0.3) is 0 Å². The van der Waals surface area contributed by atoms with E-state index in [0.29, 0.717) is 26.4 Å². The molecule has 1 N–H and O–H groups in total. The highest BCUT2D eigenvalue weighted by Crippen LogP contribution is 2.30. The number of ether oxygens (including phenoxy) is 3. The zero-order valence-electron chi connectivity index (χ0n) is 14.4. The second-order valence-electron chi connectivity index (χ2n) is 6.42. The molecule has 0 spiro atoms. The number of β-amino-alcohol motifs (C(OH)–C–C–N with tert-alkyl or cyclic N) is 1. The number of hydrogen-bond donors (Lipinski definition) is 1. The molecule has 2 aliphatic rings. The Labute approximate surface area is 143 Å². The van der Waals surface area contributed by atoms with Crippen molar-refractivity contribution in [3.63, 3.8) is 0 Å². The van der Waals surface area contributed by atoms with Gasteiger partial charge in [0.25, 0.3) is 0 Å². The number of benzene rings is 1. The molecule has 1 aromatic rings. The first-order valence-electron chi connectivity index (χ1n) is 8.83. The van der Waals surface area contributed by atoms with E-state index in [1.807, 2.05) is 24.3 Å². The molecule has 0 saturated carbocycles. The molecule has 1 aromatic carbocycles. The summed E-state index contributed by atoms with van der Waals surface area (Å²) < 4.78 is 17.1. The molecule has 6 nitrogen and oxygen atoms in total. The Hall–Kier alpha value is -1.34. The number of para-hydroxylation sites is 2. The fourth-order valence-corrected chi connectivity index (χ4v) is 3.12. The van der Waals surface area contributed by atoms with E-state index in [1.54, 1.807) is 0 Å². The summed E-state index contributed by atoms with van der Waals surface area (Å²) >= 11 is 0. The summed E-state index contributed by atoms with van der Waals surface area (Å²) in [5.41, 5.74) is 0. The van der Waals surface area contributed by atoms with Gasteiger partial charge in [0, 0.05) is 32.7 Å². The van der Waals surface area contributed by atoms with Gasteiger partial charge in [-0.25, -0.2) is 0 Å². The molecular weight excluding hydrogens is 308 g/mol. The summed E-state index contributed by atoms with van der Waals surface area (Å²) in [6, 6.07) is 7.64. The van der Waals surface area contributed by atoms with Gasteiger partial charge in [0.2, 0.25) is 0 Å². The molecule has 1 saturated heterocycles. The normalized spacial score (nSPS) is 23.2. The maximum atomic E-state index is 10.2. The van der Waals surface area contributed by atoms with E-state index in [0.717, 1.165) is 44.2 Å². The quantitative estimate of drug-likeness (QED) is 0.796. The van der Waals surface area contributed by atoms with Crippen LogP contribution in [-0.4, -0.2) is 86.2 Å². The van der Waals surface area contributed by atoms with E-state index in [2.05, 4.69) is 16.7 Å². The fourth-order valence-electron chi connectivity index (χ4n) is 3.12. The van der Waals surface area contributed by atoms with E-state index in [1.165, 1.54) is 0 Å². The highest BCUT2D eigenvalue weighted by Gasteiger charge is 2.22. The van der Waals surface area contributed by atoms with Crippen LogP contribution < -0.4 is 9.47 Å². The summed E-state index contributed by atoms with van der Waals surface area (Å²) in [4.78, 5) is 4.73. The molecule has 0 amide bonds. The van der Waals surface area contributed by atoms with E-state index < -0.39 is 6.10 Å². The van der Waals surface area contributed by atoms with E-state index in [4.69, 9.17) is 14.2 Å². The Morgan fingerprint density at radius 3 is 2.62 bits per heavy atom. The van der Waals surface area contributed by atoms with Gasteiger partial charge >= 0.3 is 0 Å². The molecular formula is C18H28N2O4. The van der Waals surface area contributed by atoms with Gasteiger partial charge < -0.3 is 24.2 Å². The van der Waals surface area contributed by atoms with E-state index in [9.17, 15) is 5.11 Å². The molecule has 0 bridgehead atoms. The molecule has 24 heavy (non-hydrogen) atoms. The van der Waals surface area contributed by atoms with Crippen molar-refractivity contribution in [1.82, 2.24) is 9.80 Å². The molecule has 3 rings (SSSR count). The highest BCUT2D eigenvalue weighted by molar-refractivity contribution is 5.40. The predicted octanol–water partition coefficient (Wildman–Crippen LogP) is 0.841. The van der Waals surface area contributed by atoms with Crippen molar-refractivity contribution in [2.45, 2.75) is 19.1 Å². The van der Waals surface area contributed by atoms with Crippen molar-refractivity contribution in [1.29, 1.82) is 0 Å². The molecule has 2 atom stereocenters. The molecule has 6 heteroatoms. The number of aliphatic hydroxyl groups is 1. The van der Waals surface area contributed by atoms with Crippen LogP contribution in [0.4, 0.5) is 0 Å². The first-order chi connectivity index (χ1) is 11.7. The number of fused-ring (bicyclic) bond motifs is 1. The number of hydrogen-bond acceptors (Lipinski definition) is 6. The number of piperazine rings is 1. The zero-order valence-corrected chi connectivity index (χ0v) is 14.4. The van der Waals surface area contributed by atoms with Crippen LogP contribution in [0.2, 0.25) is 0 Å². The van der Waals surface area contributed by atoms with Crippen LogP contribution in [0.5, 0.6) is 11.5 Å². The average Bonchev–Trinajstić information content (AvgIpc) is 2.62. The molecule has 0 aromatic heterocycles. The first kappa shape index (κ1) is 17.5. The van der Waals surface area contributed by atoms with Gasteiger partial charge in [0.15, 0.2) is 17.6 Å². The Balaban J connectivity index is 1.32. The topological polar surface area (TPSA) is 54.4 Å². The molecule has 134 valence electrons. The Morgan fingerprint density at radius 1 is 1.17 bits per heavy atom. The maximum absolute atomic E-state index is 10.2. The van der Waals surface area contributed by atoms with Gasteiger partial charge in [-0.15, -0.1) is 0 Å². The zero-order chi connectivity index (χ0) is 16.8. The lowest BCUT2D eigenvalue weighted by Gasteiger charge is -2.35. The van der Waals surface area contributed by atoms with Crippen LogP contribution in [0.1, 0.15) is 6.92 Å². The minimum atomic E-state index is -0.463. The van der Waals surface area contributed by atoms with Crippen molar-refractivity contribution in [3.05, 3.63) is 24.3 Å². The standard InChI is InChI=1S/C18H28N2O4/c1-2-19-7-9-20(10-8-19)11-15(21)12-22-13-16-14-23-17-5-3-4-6-18(17)24-16/h3-6,15-16,21H,2,7-14H2,1H3. The number of likely N-dealkylation sites (N-methyl/N-ethyl adjacent to an activating group) is 1. The minimum Gasteiger partial charge on any atom is -0.486 e. The summed E-state index contributed by atoms with van der Waals surface area (Å²) in [5.74, 6) is 1.53. The SMILES string of the molecule is CCN1CCN(CC(O)COCC2COc3ccccc3O2)CC1. The van der Waals surface area contributed by atoms with Crippen molar-refractivity contribution in [3.8, 4) is 11.5 Å². The van der Waals surface area contributed by atoms with Crippen LogP contribution in [-0.2, 0) is 4.74 Å². The predicted molar refractivity (Wildman–Crippen MR) is 91.7 cm³/mol. The van der Waals surface area contributed by atoms with Gasteiger partial charge in [-0.1, -0.05) is 19.1 Å². The molecule has 0 aliphatic carbocycles. The molecule has 2 unspecified atom stereocenters. The van der Waals surface area contributed by atoms with Gasteiger partial charge in [-0.3, -0.25) is 4.90 Å². The van der Waals surface area contributed by atoms with Crippen LogP contribution in [0.15, 0.2) is 24.3 Å². The number of rotatable bonds is 7. The van der Waals surface area contributed by atoms with Gasteiger partial charge in [0.1, 0.15) is 6.61 Å². The third-order valence-corrected chi connectivity index (χ3v) is 4.56. The minimum absolute atomic E-state index is 0.125. The Morgan fingerprint density at radius 2 is 1.88 bits per heavy atom. The third-order valence-electron chi connectivity index (χ3n) is 4.56. The Bertz CT molecular complexity index is 506. The van der Waals surface area contributed by atoms with E-state index in [-0.39, 0.29) is 6.10 Å². The highest BCUT2D eigenvalue weighted by atomic mass is 16.6. The van der Waals surface area contributed by atoms with Gasteiger partial charge in [0.05, 0.1) is 19.3 Å². The van der Waals surface area contributed by atoms with Gasteiger partial charge in [-0.2, -0.15) is 0 Å². The maximum Gasteiger partial charge on any atom is 0.161 e. The van der Waals surface area contributed by atoms with E-state index >= 15 is 0 Å². The van der Waals surface area contributed by atoms with Crippen LogP contribution in [0, 0.1) is 0 Å². The lowest BCUT2D eigenvalue weighted by atomic mass is 10.2. The average molecular weight is 336 g/mol. The van der Waals surface area contributed by atoms with Crippen LogP contribution in [0.3, 0.4) is 0 Å². The lowest BCUT2D eigenvalue weighted by Crippen LogP contribution is -2.49. The van der Waals surface area contributed by atoms with Crippen molar-refractivity contribution < 1.29 is 19.3 Å². The summed E-state index contributed by atoms with van der Waals surface area (Å²) in [7, 11) is 0. The van der Waals surface area contributed by atoms with Gasteiger partial charge in [-0.05, 0) is 18.7 Å². The van der Waals surface area contributed by atoms with Crippen LogP contribution >= 0.6 is 0 Å². The lowest BCUT2D eigenvalue weighted by molar-refractivity contribution is -0.0319. The molecule has 2 heterocycles. The number of nitrogens with zero attached hydrogens (tertiary/aromatic N) is 2. The Kier molecular flexibility index (Phi) is 6.31. The third kappa shape index (κ3) is 4.83. The first-order valence-corrected chi connectivity index (χ1v) is 8.83. The van der Waals surface area contributed by atoms with Crippen molar-refractivity contribution in [2.24, 2.45) is 0 Å². The smallest absolute Gasteiger partial charge is 0.161 e. The fraction of sp³-hybridized carbons (Fsp3) is 0.667. The second kappa shape index (κ2) is 8.67. The largest absolute Gasteiger partial charge is 0.486 e. The van der Waals surface area contributed by atoms with Crippen molar-refractivity contribution >= 4 is 0 Å². The van der Waals surface area contributed by atoms with Crippen molar-refractivity contribution in [2.75, 3.05) is 59.1 Å². The monoisotopic (exact) mass is 336 g/mol. The summed E-state index contributed by atoms with van der Waals surface area (Å²) in [5, 5.41) is 10.2. The summed E-state index contributed by atoms with van der Waals surface area (Å²) in [6.07, 6.45) is -0.588. The summed E-state index contributed by atoms with van der Waals surface area (Å²) in [6.45, 7) is 9.38. The molecule has 2 aliphatic heterocycles. The molecule has 1 fully saturated rings. The number of aliphatic hydroxyl groups excluding tert-OH is 1. The molecule has 0 radical (unpaired) electrons.